The average Bonchev–Trinajstić information content (AvgIpc) is 2.06. The Morgan fingerprint density at radius 1 is 1.58 bits per heavy atom. The van der Waals surface area contributed by atoms with E-state index in [4.69, 9.17) is 12.2 Å². The highest BCUT2D eigenvalue weighted by Gasteiger charge is 2.42. The van der Waals surface area contributed by atoms with Crippen molar-refractivity contribution in [1.29, 1.82) is 0 Å². The van der Waals surface area contributed by atoms with Crippen molar-refractivity contribution in [2.45, 2.75) is 45.8 Å². The molecule has 0 saturated carbocycles. The number of hydrogen-bond donors (Lipinski definition) is 2. The predicted molar refractivity (Wildman–Crippen MR) is 54.2 cm³/mol. The van der Waals surface area contributed by atoms with Gasteiger partial charge in [-0.25, -0.2) is 0 Å². The van der Waals surface area contributed by atoms with Crippen molar-refractivity contribution in [2.75, 3.05) is 0 Å². The van der Waals surface area contributed by atoms with E-state index in [0.29, 0.717) is 11.0 Å². The maximum atomic E-state index is 9.79. The first-order valence-corrected chi connectivity index (χ1v) is 4.68. The summed E-state index contributed by atoms with van der Waals surface area (Å²) in [6, 6.07) is 0.292. The number of aliphatic hydroxyl groups is 1. The molecule has 2 unspecified atom stereocenters. The Morgan fingerprint density at radius 2 is 2.08 bits per heavy atom. The quantitative estimate of drug-likeness (QED) is 0.563. The summed E-state index contributed by atoms with van der Waals surface area (Å²) in [7, 11) is 0. The van der Waals surface area contributed by atoms with E-state index in [1.807, 2.05) is 0 Å². The standard InChI is InChI=1S/C9H17NOS/c1-8(2,3)6-5-9(4,11)7(12)10-6/h6,11H,5H2,1-4H3,(H,10,12). The van der Waals surface area contributed by atoms with E-state index in [-0.39, 0.29) is 5.41 Å². The Morgan fingerprint density at radius 3 is 2.25 bits per heavy atom. The lowest BCUT2D eigenvalue weighted by molar-refractivity contribution is 0.117. The van der Waals surface area contributed by atoms with E-state index < -0.39 is 5.60 Å². The van der Waals surface area contributed by atoms with E-state index in [0.717, 1.165) is 6.42 Å². The molecule has 2 atom stereocenters. The first kappa shape index (κ1) is 9.93. The molecule has 1 fully saturated rings. The number of nitrogens with one attached hydrogen (secondary N) is 1. The maximum Gasteiger partial charge on any atom is 0.114 e. The van der Waals surface area contributed by atoms with Crippen molar-refractivity contribution in [3.05, 3.63) is 0 Å². The van der Waals surface area contributed by atoms with Crippen molar-refractivity contribution in [2.24, 2.45) is 5.41 Å². The average molecular weight is 187 g/mol. The Balaban J connectivity index is 2.74. The number of hydrogen-bond acceptors (Lipinski definition) is 2. The van der Waals surface area contributed by atoms with Crippen LogP contribution in [0.5, 0.6) is 0 Å². The fourth-order valence-electron chi connectivity index (χ4n) is 1.38. The second-order valence-corrected chi connectivity index (χ2v) is 5.28. The molecule has 1 heterocycles. The van der Waals surface area contributed by atoms with Gasteiger partial charge in [-0.2, -0.15) is 0 Å². The molecule has 0 bridgehead atoms. The molecule has 1 aliphatic heterocycles. The van der Waals surface area contributed by atoms with Crippen LogP contribution in [0.25, 0.3) is 0 Å². The Kier molecular flexibility index (Phi) is 2.21. The molecular weight excluding hydrogens is 170 g/mol. The van der Waals surface area contributed by atoms with Crippen LogP contribution in [0.3, 0.4) is 0 Å². The molecule has 0 amide bonds. The van der Waals surface area contributed by atoms with Crippen molar-refractivity contribution < 1.29 is 5.11 Å². The van der Waals surface area contributed by atoms with Crippen LogP contribution in [0.1, 0.15) is 34.1 Å². The molecule has 0 radical (unpaired) electrons. The molecule has 0 aliphatic carbocycles. The summed E-state index contributed by atoms with van der Waals surface area (Å²) >= 11 is 5.04. The third kappa shape index (κ3) is 1.77. The Labute approximate surface area is 79.4 Å². The molecule has 0 aromatic rings. The van der Waals surface area contributed by atoms with Crippen LogP contribution >= 0.6 is 12.2 Å². The summed E-state index contributed by atoms with van der Waals surface area (Å²) in [5.74, 6) is 0. The van der Waals surface area contributed by atoms with Crippen molar-refractivity contribution in [1.82, 2.24) is 5.32 Å². The van der Waals surface area contributed by atoms with Gasteiger partial charge in [-0.3, -0.25) is 0 Å². The molecular formula is C9H17NOS. The summed E-state index contributed by atoms with van der Waals surface area (Å²) in [5, 5.41) is 13.0. The van der Waals surface area contributed by atoms with Gasteiger partial charge in [0.15, 0.2) is 0 Å². The van der Waals surface area contributed by atoms with Gasteiger partial charge in [0.25, 0.3) is 0 Å². The Bertz CT molecular complexity index is 205. The van der Waals surface area contributed by atoms with Crippen LogP contribution in [-0.4, -0.2) is 21.7 Å². The van der Waals surface area contributed by atoms with Crippen molar-refractivity contribution in [3.63, 3.8) is 0 Å². The van der Waals surface area contributed by atoms with Crippen molar-refractivity contribution >= 4 is 17.2 Å². The van der Waals surface area contributed by atoms with E-state index in [2.05, 4.69) is 26.1 Å². The molecule has 1 saturated heterocycles. The monoisotopic (exact) mass is 187 g/mol. The lowest BCUT2D eigenvalue weighted by Gasteiger charge is -2.27. The van der Waals surface area contributed by atoms with Gasteiger partial charge in [0.2, 0.25) is 0 Å². The molecule has 2 nitrogen and oxygen atoms in total. The summed E-state index contributed by atoms with van der Waals surface area (Å²) in [6.07, 6.45) is 0.718. The second-order valence-electron chi connectivity index (χ2n) is 4.87. The zero-order valence-corrected chi connectivity index (χ0v) is 8.96. The molecule has 1 aliphatic rings. The second kappa shape index (κ2) is 2.67. The van der Waals surface area contributed by atoms with Crippen LogP contribution in [0.4, 0.5) is 0 Å². The number of thiocarbonyl (C=S) groups is 1. The SMILES string of the molecule is CC1(O)CC(C(C)(C)C)NC1=S. The van der Waals surface area contributed by atoms with E-state index in [1.165, 1.54) is 0 Å². The van der Waals surface area contributed by atoms with Gasteiger partial charge >= 0.3 is 0 Å². The minimum Gasteiger partial charge on any atom is -0.383 e. The molecule has 12 heavy (non-hydrogen) atoms. The fraction of sp³-hybridized carbons (Fsp3) is 0.889. The zero-order valence-electron chi connectivity index (χ0n) is 8.14. The van der Waals surface area contributed by atoms with Crippen LogP contribution in [0.15, 0.2) is 0 Å². The summed E-state index contributed by atoms with van der Waals surface area (Å²) < 4.78 is 0. The highest BCUT2D eigenvalue weighted by atomic mass is 32.1. The summed E-state index contributed by atoms with van der Waals surface area (Å²) in [6.45, 7) is 8.21. The van der Waals surface area contributed by atoms with E-state index in [1.54, 1.807) is 6.92 Å². The van der Waals surface area contributed by atoms with Gasteiger partial charge in [-0.15, -0.1) is 0 Å². The topological polar surface area (TPSA) is 32.3 Å². The minimum absolute atomic E-state index is 0.157. The van der Waals surface area contributed by atoms with Gasteiger partial charge in [-0.05, 0) is 12.3 Å². The molecule has 1 rings (SSSR count). The van der Waals surface area contributed by atoms with Crippen LogP contribution in [0.2, 0.25) is 0 Å². The van der Waals surface area contributed by atoms with Crippen LogP contribution in [-0.2, 0) is 0 Å². The maximum absolute atomic E-state index is 9.79. The highest BCUT2D eigenvalue weighted by molar-refractivity contribution is 7.80. The number of rotatable bonds is 0. The lowest BCUT2D eigenvalue weighted by Crippen LogP contribution is -2.36. The van der Waals surface area contributed by atoms with Crippen LogP contribution < -0.4 is 5.32 Å². The van der Waals surface area contributed by atoms with E-state index >= 15 is 0 Å². The Hall–Kier alpha value is -0.150. The molecule has 0 aromatic heterocycles. The van der Waals surface area contributed by atoms with Crippen molar-refractivity contribution in [3.8, 4) is 0 Å². The summed E-state index contributed by atoms with van der Waals surface area (Å²) in [5.41, 5.74) is -0.641. The van der Waals surface area contributed by atoms with E-state index in [9.17, 15) is 5.11 Å². The smallest absolute Gasteiger partial charge is 0.114 e. The molecule has 0 aromatic carbocycles. The largest absolute Gasteiger partial charge is 0.383 e. The minimum atomic E-state index is -0.798. The van der Waals surface area contributed by atoms with Gasteiger partial charge in [0, 0.05) is 12.5 Å². The molecule has 70 valence electrons. The van der Waals surface area contributed by atoms with Crippen LogP contribution in [0, 0.1) is 5.41 Å². The normalized spacial score (nSPS) is 36.8. The molecule has 0 spiro atoms. The molecule has 3 heteroatoms. The lowest BCUT2D eigenvalue weighted by atomic mass is 9.84. The van der Waals surface area contributed by atoms with Gasteiger partial charge in [0.1, 0.15) is 10.6 Å². The van der Waals surface area contributed by atoms with Gasteiger partial charge in [0.05, 0.1) is 0 Å². The third-order valence-electron chi connectivity index (χ3n) is 2.44. The first-order chi connectivity index (χ1) is 5.23. The predicted octanol–water partition coefficient (Wildman–Crippen LogP) is 1.47. The highest BCUT2D eigenvalue weighted by Crippen LogP contribution is 2.31. The third-order valence-corrected chi connectivity index (χ3v) is 3.00. The summed E-state index contributed by atoms with van der Waals surface area (Å²) in [4.78, 5) is 0.586. The van der Waals surface area contributed by atoms with Gasteiger partial charge < -0.3 is 10.4 Å². The molecule has 2 N–H and O–H groups in total. The van der Waals surface area contributed by atoms with Gasteiger partial charge in [-0.1, -0.05) is 33.0 Å². The zero-order chi connectivity index (χ0) is 9.57. The first-order valence-electron chi connectivity index (χ1n) is 4.27. The fourth-order valence-corrected chi connectivity index (χ4v) is 1.60.